The highest BCUT2D eigenvalue weighted by Crippen LogP contribution is 2.38. The van der Waals surface area contributed by atoms with E-state index in [0.29, 0.717) is 11.6 Å². The number of carbonyl (C=O) groups excluding carboxylic acids is 1. The molecule has 35 heavy (non-hydrogen) atoms. The average molecular weight is 497 g/mol. The number of hydrogen-bond acceptors (Lipinski definition) is 8. The van der Waals surface area contributed by atoms with Gasteiger partial charge in [0.1, 0.15) is 0 Å². The smallest absolute Gasteiger partial charge is 0.480 e. The van der Waals surface area contributed by atoms with Crippen molar-refractivity contribution in [3.05, 3.63) is 65.9 Å². The number of fused-ring (bicyclic) bond motifs is 1. The van der Waals surface area contributed by atoms with Crippen molar-refractivity contribution in [3.8, 4) is 17.0 Å². The van der Waals surface area contributed by atoms with Crippen LogP contribution >= 0.6 is 0 Å². The fourth-order valence-corrected chi connectivity index (χ4v) is 4.78. The number of ether oxygens (including phenoxy) is 1. The van der Waals surface area contributed by atoms with Crippen LogP contribution in [0.4, 0.5) is 10.5 Å². The summed E-state index contributed by atoms with van der Waals surface area (Å²) in [5, 5.41) is 24.0. The van der Waals surface area contributed by atoms with E-state index in [2.05, 4.69) is 15.4 Å². The number of pyridine rings is 1. The van der Waals surface area contributed by atoms with Gasteiger partial charge in [-0.1, -0.05) is 24.2 Å². The molecule has 3 aromatic rings. The normalized spacial score (nSPS) is 13.0. The average Bonchev–Trinajstić information content (AvgIpc) is 3.49. The van der Waals surface area contributed by atoms with Crippen LogP contribution in [-0.4, -0.2) is 53.5 Å². The molecule has 0 unspecified atom stereocenters. The standard InChI is InChI=1S/C22H24BN5O6S/c1-34-19-14-16(8-11-24-19)18-7-6-15-4-2-5-17(15)21(18)25-22(29)27-35(32,33)20-9-13-28(26-20)12-3-10-23(30)31/h3,6-11,13-14,30-31H,2,4-5,12H2,1H3,(H2,25,27,29). The maximum Gasteiger partial charge on any atom is 0.480 e. The van der Waals surface area contributed by atoms with Gasteiger partial charge in [0.15, 0.2) is 5.03 Å². The second kappa shape index (κ2) is 10.3. The van der Waals surface area contributed by atoms with Gasteiger partial charge in [0.2, 0.25) is 5.88 Å². The van der Waals surface area contributed by atoms with Gasteiger partial charge in [0, 0.05) is 24.0 Å². The van der Waals surface area contributed by atoms with Gasteiger partial charge < -0.3 is 20.1 Å². The van der Waals surface area contributed by atoms with Crippen LogP contribution in [0.1, 0.15) is 17.5 Å². The Morgan fingerprint density at radius 1 is 1.26 bits per heavy atom. The van der Waals surface area contributed by atoms with Crippen LogP contribution in [0.15, 0.2) is 59.8 Å². The Balaban J connectivity index is 1.56. The number of benzene rings is 1. The monoisotopic (exact) mass is 497 g/mol. The number of methoxy groups -OCH3 is 1. The van der Waals surface area contributed by atoms with Gasteiger partial charge in [-0.2, -0.15) is 13.5 Å². The number of anilines is 1. The Morgan fingerprint density at radius 3 is 2.86 bits per heavy atom. The van der Waals surface area contributed by atoms with Gasteiger partial charge >= 0.3 is 13.1 Å². The van der Waals surface area contributed by atoms with Crippen molar-refractivity contribution in [2.75, 3.05) is 12.4 Å². The summed E-state index contributed by atoms with van der Waals surface area (Å²) in [7, 11) is -4.35. The van der Waals surface area contributed by atoms with Crippen LogP contribution in [-0.2, 0) is 29.4 Å². The highest BCUT2D eigenvalue weighted by molar-refractivity contribution is 7.90. The minimum Gasteiger partial charge on any atom is -0.481 e. The summed E-state index contributed by atoms with van der Waals surface area (Å²) >= 11 is 0. The van der Waals surface area contributed by atoms with Gasteiger partial charge in [0.25, 0.3) is 10.0 Å². The first-order valence-corrected chi connectivity index (χ1v) is 12.3. The van der Waals surface area contributed by atoms with Crippen molar-refractivity contribution >= 4 is 28.9 Å². The van der Waals surface area contributed by atoms with E-state index in [1.165, 1.54) is 30.1 Å². The molecule has 0 fully saturated rings. The number of nitrogens with one attached hydrogen (secondary N) is 2. The number of aromatic nitrogens is 3. The van der Waals surface area contributed by atoms with Crippen LogP contribution in [0.3, 0.4) is 0 Å². The molecule has 2 aromatic heterocycles. The molecule has 13 heteroatoms. The van der Waals surface area contributed by atoms with E-state index in [-0.39, 0.29) is 11.6 Å². The van der Waals surface area contributed by atoms with Gasteiger partial charge in [0.05, 0.1) is 19.3 Å². The number of allylic oxidation sites excluding steroid dienone is 1. The Hall–Kier alpha value is -3.68. The molecule has 1 aliphatic carbocycles. The maximum absolute atomic E-state index is 12.8. The highest BCUT2D eigenvalue weighted by Gasteiger charge is 2.24. The lowest BCUT2D eigenvalue weighted by Gasteiger charge is -2.17. The number of aryl methyl sites for hydroxylation is 1. The molecular weight excluding hydrogens is 473 g/mol. The van der Waals surface area contributed by atoms with Crippen LogP contribution in [0.2, 0.25) is 0 Å². The van der Waals surface area contributed by atoms with Crippen LogP contribution < -0.4 is 14.8 Å². The third-order valence-corrected chi connectivity index (χ3v) is 6.72. The summed E-state index contributed by atoms with van der Waals surface area (Å²) in [5.74, 6) is 1.54. The predicted molar refractivity (Wildman–Crippen MR) is 129 cm³/mol. The van der Waals surface area contributed by atoms with Crippen molar-refractivity contribution in [2.45, 2.75) is 30.8 Å². The largest absolute Gasteiger partial charge is 0.481 e. The number of urea groups is 1. The van der Waals surface area contributed by atoms with Crippen molar-refractivity contribution in [1.82, 2.24) is 19.5 Å². The van der Waals surface area contributed by atoms with E-state index in [4.69, 9.17) is 14.8 Å². The van der Waals surface area contributed by atoms with Gasteiger partial charge in [-0.05, 0) is 48.1 Å². The Labute approximate surface area is 202 Å². The van der Waals surface area contributed by atoms with E-state index < -0.39 is 23.2 Å². The van der Waals surface area contributed by atoms with Crippen molar-refractivity contribution in [3.63, 3.8) is 0 Å². The molecule has 4 rings (SSSR count). The number of amides is 2. The topological polar surface area (TPSA) is 156 Å². The molecule has 0 saturated carbocycles. The zero-order chi connectivity index (χ0) is 25.0. The Kier molecular flexibility index (Phi) is 7.19. The lowest BCUT2D eigenvalue weighted by Crippen LogP contribution is -2.35. The number of carbonyl (C=O) groups is 1. The quantitative estimate of drug-likeness (QED) is 0.342. The summed E-state index contributed by atoms with van der Waals surface area (Å²) in [5.41, 5.74) is 4.10. The molecule has 182 valence electrons. The first-order valence-electron chi connectivity index (χ1n) is 10.8. The lowest BCUT2D eigenvalue weighted by molar-refractivity contribution is 0.256. The molecule has 0 saturated heterocycles. The van der Waals surface area contributed by atoms with Crippen molar-refractivity contribution < 1.29 is 28.0 Å². The number of hydrogen-bond donors (Lipinski definition) is 4. The number of nitrogens with zero attached hydrogens (tertiary/aromatic N) is 3. The van der Waals surface area contributed by atoms with E-state index in [9.17, 15) is 13.2 Å². The molecule has 2 amide bonds. The number of rotatable bonds is 8. The van der Waals surface area contributed by atoms with E-state index in [1.807, 2.05) is 16.9 Å². The second-order valence-electron chi connectivity index (χ2n) is 7.84. The van der Waals surface area contributed by atoms with E-state index >= 15 is 0 Å². The third kappa shape index (κ3) is 5.70. The van der Waals surface area contributed by atoms with Crippen LogP contribution in [0, 0.1) is 0 Å². The minimum atomic E-state index is -4.25. The molecule has 4 N–H and O–H groups in total. The molecule has 1 aliphatic rings. The lowest BCUT2D eigenvalue weighted by atomic mass is 9.92. The number of sulfonamides is 1. The zero-order valence-corrected chi connectivity index (χ0v) is 19.7. The minimum absolute atomic E-state index is 0.119. The Morgan fingerprint density at radius 2 is 2.09 bits per heavy atom. The van der Waals surface area contributed by atoms with E-state index in [0.717, 1.165) is 47.5 Å². The molecule has 0 spiro atoms. The molecule has 1 aromatic carbocycles. The first kappa shape index (κ1) is 24.4. The SMILES string of the molecule is COc1cc(-c2ccc3c(c2NC(=O)NS(=O)(=O)c2ccn(CC=CB(O)O)n2)CCC3)ccn1. The summed E-state index contributed by atoms with van der Waals surface area (Å²) < 4.78 is 34.0. The fourth-order valence-electron chi connectivity index (χ4n) is 3.93. The fraction of sp³-hybridized carbons (Fsp3) is 0.227. The van der Waals surface area contributed by atoms with E-state index in [1.54, 1.807) is 18.3 Å². The zero-order valence-electron chi connectivity index (χ0n) is 18.9. The second-order valence-corrected chi connectivity index (χ2v) is 9.47. The first-order chi connectivity index (χ1) is 16.8. The van der Waals surface area contributed by atoms with Crippen LogP contribution in [0.5, 0.6) is 5.88 Å². The van der Waals surface area contributed by atoms with Crippen LogP contribution in [0.25, 0.3) is 11.1 Å². The predicted octanol–water partition coefficient (Wildman–Crippen LogP) is 1.52. The summed E-state index contributed by atoms with van der Waals surface area (Å²) in [6, 6.07) is 7.77. The Bertz CT molecular complexity index is 1370. The third-order valence-electron chi connectivity index (χ3n) is 5.50. The summed E-state index contributed by atoms with van der Waals surface area (Å²) in [6.45, 7) is 0.119. The van der Waals surface area contributed by atoms with Gasteiger partial charge in [-0.15, -0.1) is 0 Å². The molecule has 0 aliphatic heterocycles. The van der Waals surface area contributed by atoms with Crippen molar-refractivity contribution in [1.29, 1.82) is 0 Å². The highest BCUT2D eigenvalue weighted by atomic mass is 32.2. The van der Waals surface area contributed by atoms with Gasteiger partial charge in [-0.25, -0.2) is 14.5 Å². The molecule has 0 atom stereocenters. The molecule has 0 bridgehead atoms. The summed E-state index contributed by atoms with van der Waals surface area (Å²) in [4.78, 5) is 16.9. The summed E-state index contributed by atoms with van der Waals surface area (Å²) in [6.07, 6.45) is 6.99. The van der Waals surface area contributed by atoms with Crippen molar-refractivity contribution in [2.24, 2.45) is 0 Å². The molecule has 2 heterocycles. The molecular formula is C22H24BN5O6S. The maximum atomic E-state index is 12.8. The molecule has 11 nitrogen and oxygen atoms in total. The molecule has 0 radical (unpaired) electrons. The van der Waals surface area contributed by atoms with Gasteiger partial charge in [-0.3, -0.25) is 4.68 Å².